The van der Waals surface area contributed by atoms with Crippen LogP contribution in [0.15, 0.2) is 83.8 Å². The molecule has 0 aromatic heterocycles. The number of amides is 2. The summed E-state index contributed by atoms with van der Waals surface area (Å²) in [5.41, 5.74) is 1.12. The first-order chi connectivity index (χ1) is 17.2. The summed E-state index contributed by atoms with van der Waals surface area (Å²) in [6.07, 6.45) is 0. The lowest BCUT2D eigenvalue weighted by Crippen LogP contribution is -2.50. The molecular formula is C26H28IN3O5S. The fraction of sp³-hybridized carbons (Fsp3) is 0.231. The molecule has 3 aromatic rings. The van der Waals surface area contributed by atoms with Gasteiger partial charge in [-0.05, 0) is 83.6 Å². The fourth-order valence-corrected chi connectivity index (χ4v) is 5.37. The first kappa shape index (κ1) is 27.5. The Morgan fingerprint density at radius 1 is 0.972 bits per heavy atom. The van der Waals surface area contributed by atoms with Crippen molar-refractivity contribution < 1.29 is 22.7 Å². The molecule has 36 heavy (non-hydrogen) atoms. The molecule has 10 heteroatoms. The minimum atomic E-state index is -4.06. The molecule has 0 bridgehead atoms. The zero-order chi connectivity index (χ0) is 26.3. The topological polar surface area (TPSA) is 96.0 Å². The molecule has 0 aliphatic rings. The van der Waals surface area contributed by atoms with E-state index in [9.17, 15) is 18.0 Å². The molecule has 0 saturated heterocycles. The van der Waals surface area contributed by atoms with E-state index in [0.717, 1.165) is 13.4 Å². The van der Waals surface area contributed by atoms with E-state index in [-0.39, 0.29) is 17.3 Å². The number of anilines is 1. The molecule has 3 aromatic carbocycles. The molecular weight excluding hydrogens is 593 g/mol. The van der Waals surface area contributed by atoms with Gasteiger partial charge in [0.15, 0.2) is 0 Å². The van der Waals surface area contributed by atoms with Crippen LogP contribution in [0.25, 0.3) is 0 Å². The van der Waals surface area contributed by atoms with Crippen molar-refractivity contribution in [1.29, 1.82) is 0 Å². The second-order valence-corrected chi connectivity index (χ2v) is 11.1. The van der Waals surface area contributed by atoms with E-state index in [0.29, 0.717) is 11.4 Å². The molecule has 2 amide bonds. The van der Waals surface area contributed by atoms with Crippen molar-refractivity contribution in [3.63, 3.8) is 0 Å². The van der Waals surface area contributed by atoms with Crippen LogP contribution in [-0.2, 0) is 26.2 Å². The third-order valence-corrected chi connectivity index (χ3v) is 8.16. The van der Waals surface area contributed by atoms with Gasteiger partial charge in [0, 0.05) is 17.2 Å². The minimum Gasteiger partial charge on any atom is -0.497 e. The van der Waals surface area contributed by atoms with Crippen molar-refractivity contribution >= 4 is 50.1 Å². The van der Waals surface area contributed by atoms with Gasteiger partial charge in [-0.3, -0.25) is 13.9 Å². The predicted octanol–water partition coefficient (Wildman–Crippen LogP) is 3.66. The highest BCUT2D eigenvalue weighted by Crippen LogP contribution is 2.25. The number of benzene rings is 3. The number of nitrogens with zero attached hydrogens (tertiary/aromatic N) is 2. The Morgan fingerprint density at radius 3 is 2.14 bits per heavy atom. The molecule has 190 valence electrons. The Balaban J connectivity index is 1.99. The van der Waals surface area contributed by atoms with Gasteiger partial charge in [0.2, 0.25) is 11.8 Å². The molecule has 0 fully saturated rings. The zero-order valence-corrected chi connectivity index (χ0v) is 23.2. The number of likely N-dealkylation sites (N-methyl/N-ethyl adjacent to an activating group) is 1. The molecule has 0 spiro atoms. The Morgan fingerprint density at radius 2 is 1.58 bits per heavy atom. The van der Waals surface area contributed by atoms with Gasteiger partial charge in [-0.25, -0.2) is 8.42 Å². The maximum Gasteiger partial charge on any atom is 0.264 e. The summed E-state index contributed by atoms with van der Waals surface area (Å²) < 4.78 is 34.5. The number of hydrogen-bond donors (Lipinski definition) is 1. The Hall–Kier alpha value is -3.12. The molecule has 0 unspecified atom stereocenters. The van der Waals surface area contributed by atoms with Crippen LogP contribution in [-0.4, -0.2) is 51.9 Å². The van der Waals surface area contributed by atoms with Gasteiger partial charge >= 0.3 is 0 Å². The second kappa shape index (κ2) is 12.2. The summed E-state index contributed by atoms with van der Waals surface area (Å²) in [4.78, 5) is 27.6. The van der Waals surface area contributed by atoms with Crippen LogP contribution >= 0.6 is 22.6 Å². The van der Waals surface area contributed by atoms with E-state index < -0.39 is 28.5 Å². The van der Waals surface area contributed by atoms with E-state index in [1.807, 2.05) is 0 Å². The summed E-state index contributed by atoms with van der Waals surface area (Å²) in [5.74, 6) is -0.210. The first-order valence-corrected chi connectivity index (χ1v) is 13.7. The number of rotatable bonds is 10. The quantitative estimate of drug-likeness (QED) is 0.349. The van der Waals surface area contributed by atoms with Crippen LogP contribution in [0, 0.1) is 3.57 Å². The van der Waals surface area contributed by atoms with E-state index in [4.69, 9.17) is 4.74 Å². The van der Waals surface area contributed by atoms with Gasteiger partial charge in [0.1, 0.15) is 18.3 Å². The summed E-state index contributed by atoms with van der Waals surface area (Å²) in [6, 6.07) is 21.1. The third-order valence-electron chi connectivity index (χ3n) is 5.65. The van der Waals surface area contributed by atoms with Gasteiger partial charge in [0.25, 0.3) is 10.0 Å². The maximum atomic E-state index is 13.7. The first-order valence-electron chi connectivity index (χ1n) is 11.1. The molecule has 0 aliphatic carbocycles. The highest BCUT2D eigenvalue weighted by molar-refractivity contribution is 14.1. The SMILES string of the molecule is CNC(=O)[C@@H](C)N(Cc1ccc(OC)cc1)C(=O)CN(c1ccc(I)cc1)S(=O)(=O)c1ccccc1. The van der Waals surface area contributed by atoms with E-state index >= 15 is 0 Å². The summed E-state index contributed by atoms with van der Waals surface area (Å²) in [7, 11) is -1.01. The second-order valence-electron chi connectivity index (χ2n) is 7.96. The number of methoxy groups -OCH3 is 1. The molecule has 1 atom stereocenters. The van der Waals surface area contributed by atoms with E-state index in [1.54, 1.807) is 80.8 Å². The molecule has 0 radical (unpaired) electrons. The smallest absolute Gasteiger partial charge is 0.264 e. The Kier molecular flexibility index (Phi) is 9.32. The minimum absolute atomic E-state index is 0.0670. The lowest BCUT2D eigenvalue weighted by atomic mass is 10.1. The highest BCUT2D eigenvalue weighted by atomic mass is 127. The number of ether oxygens (including phenoxy) is 1. The van der Waals surface area contributed by atoms with Crippen molar-refractivity contribution in [3.8, 4) is 5.75 Å². The lowest BCUT2D eigenvalue weighted by Gasteiger charge is -2.31. The standard InChI is InChI=1S/C26H28IN3O5S/c1-19(26(32)28-2)29(17-20-9-15-23(35-3)16-10-20)25(31)18-30(22-13-11-21(27)12-14-22)36(33,34)24-7-5-4-6-8-24/h4-16,19H,17-18H2,1-3H3,(H,28,32)/t19-/m1/s1. The van der Waals surface area contributed by atoms with Crippen molar-refractivity contribution in [1.82, 2.24) is 10.2 Å². The molecule has 0 heterocycles. The fourth-order valence-electron chi connectivity index (χ4n) is 3.57. The molecule has 3 rings (SSSR count). The van der Waals surface area contributed by atoms with Gasteiger partial charge in [-0.2, -0.15) is 0 Å². The van der Waals surface area contributed by atoms with Crippen LogP contribution in [0.2, 0.25) is 0 Å². The lowest BCUT2D eigenvalue weighted by molar-refractivity contribution is -0.139. The monoisotopic (exact) mass is 621 g/mol. The van der Waals surface area contributed by atoms with Crippen molar-refractivity contribution in [2.45, 2.75) is 24.4 Å². The number of sulfonamides is 1. The van der Waals surface area contributed by atoms with Gasteiger partial charge in [0.05, 0.1) is 17.7 Å². The van der Waals surface area contributed by atoms with Crippen LogP contribution in [0.4, 0.5) is 5.69 Å². The average Bonchev–Trinajstić information content (AvgIpc) is 2.90. The number of hydrogen-bond acceptors (Lipinski definition) is 5. The normalized spacial score (nSPS) is 11.9. The van der Waals surface area contributed by atoms with Crippen molar-refractivity contribution in [2.75, 3.05) is 25.0 Å². The number of carbonyl (C=O) groups excluding carboxylic acids is 2. The molecule has 1 N–H and O–H groups in total. The van der Waals surface area contributed by atoms with Gasteiger partial charge in [-0.15, -0.1) is 0 Å². The maximum absolute atomic E-state index is 13.7. The van der Waals surface area contributed by atoms with E-state index in [1.165, 1.54) is 24.1 Å². The van der Waals surface area contributed by atoms with Crippen LogP contribution in [0.5, 0.6) is 5.75 Å². The number of halogens is 1. The number of nitrogens with one attached hydrogen (secondary N) is 1. The van der Waals surface area contributed by atoms with Crippen LogP contribution < -0.4 is 14.4 Å². The summed E-state index contributed by atoms with van der Waals surface area (Å²) in [5, 5.41) is 2.57. The van der Waals surface area contributed by atoms with Crippen LogP contribution in [0.1, 0.15) is 12.5 Å². The van der Waals surface area contributed by atoms with E-state index in [2.05, 4.69) is 27.9 Å². The predicted molar refractivity (Wildman–Crippen MR) is 147 cm³/mol. The summed E-state index contributed by atoms with van der Waals surface area (Å²) in [6.45, 7) is 1.25. The Labute approximate surface area is 225 Å². The average molecular weight is 621 g/mol. The van der Waals surface area contributed by atoms with Gasteiger partial charge in [-0.1, -0.05) is 30.3 Å². The van der Waals surface area contributed by atoms with Crippen LogP contribution in [0.3, 0.4) is 0 Å². The molecule has 0 saturated carbocycles. The zero-order valence-electron chi connectivity index (χ0n) is 20.2. The van der Waals surface area contributed by atoms with Crippen molar-refractivity contribution in [3.05, 3.63) is 88.0 Å². The molecule has 0 aliphatic heterocycles. The Bertz CT molecular complexity index is 1280. The third kappa shape index (κ3) is 6.55. The van der Waals surface area contributed by atoms with Crippen molar-refractivity contribution in [2.24, 2.45) is 0 Å². The number of carbonyl (C=O) groups is 2. The largest absolute Gasteiger partial charge is 0.497 e. The highest BCUT2D eigenvalue weighted by Gasteiger charge is 2.32. The summed E-state index contributed by atoms with van der Waals surface area (Å²) >= 11 is 2.13. The van der Waals surface area contributed by atoms with Gasteiger partial charge < -0.3 is 15.0 Å². The molecule has 8 nitrogen and oxygen atoms in total.